The maximum absolute atomic E-state index is 11.8. The lowest BCUT2D eigenvalue weighted by atomic mass is 9.98. The topological polar surface area (TPSA) is 59.3 Å². The summed E-state index contributed by atoms with van der Waals surface area (Å²) in [6, 6.07) is 12.2. The summed E-state index contributed by atoms with van der Waals surface area (Å²) < 4.78 is 34.1. The zero-order valence-electron chi connectivity index (χ0n) is 14.1. The standard InChI is InChI=1S/C19H22N2O3S/c22-25(23)13-12-21-11-3-6-17(19(21)20-25)14-24-18-9-7-16(8-10-18)15-4-1-2-5-15/h3,6-11,15H,1-2,4-5,12-14H2/p+1. The second kappa shape index (κ2) is 6.67. The van der Waals surface area contributed by atoms with Gasteiger partial charge >= 0.3 is 10.0 Å². The van der Waals surface area contributed by atoms with Crippen LogP contribution < -0.4 is 14.0 Å². The van der Waals surface area contributed by atoms with Crippen LogP contribution in [0.5, 0.6) is 5.75 Å². The third kappa shape index (κ3) is 3.63. The molecule has 2 heterocycles. The molecule has 1 aromatic carbocycles. The Labute approximate surface area is 148 Å². The van der Waals surface area contributed by atoms with Crippen molar-refractivity contribution < 1.29 is 17.7 Å². The lowest BCUT2D eigenvalue weighted by Gasteiger charge is -2.16. The summed E-state index contributed by atoms with van der Waals surface area (Å²) in [5, 5.41) is 0. The Morgan fingerprint density at radius 3 is 2.64 bits per heavy atom. The first kappa shape index (κ1) is 16.4. The summed E-state index contributed by atoms with van der Waals surface area (Å²) in [5.41, 5.74) is 2.23. The largest absolute Gasteiger partial charge is 0.489 e. The van der Waals surface area contributed by atoms with Crippen LogP contribution in [0.25, 0.3) is 0 Å². The Morgan fingerprint density at radius 2 is 1.88 bits per heavy atom. The van der Waals surface area contributed by atoms with Crippen LogP contribution in [-0.4, -0.2) is 14.2 Å². The highest BCUT2D eigenvalue weighted by molar-refractivity contribution is 7.92. The molecule has 1 saturated carbocycles. The van der Waals surface area contributed by atoms with E-state index in [0.717, 1.165) is 11.3 Å². The van der Waals surface area contributed by atoms with E-state index in [-0.39, 0.29) is 5.75 Å². The molecule has 1 aliphatic carbocycles. The molecule has 0 bridgehead atoms. The van der Waals surface area contributed by atoms with Gasteiger partial charge in [-0.25, -0.2) is 4.57 Å². The van der Waals surface area contributed by atoms with Crippen LogP contribution in [0.4, 0.5) is 5.82 Å². The molecule has 1 N–H and O–H groups in total. The predicted molar refractivity (Wildman–Crippen MR) is 96.0 cm³/mol. The molecule has 6 heteroatoms. The molecule has 132 valence electrons. The fraction of sp³-hybridized carbons (Fsp3) is 0.421. The van der Waals surface area contributed by atoms with Gasteiger partial charge in [0.05, 0.1) is 11.8 Å². The molecule has 1 fully saturated rings. The fourth-order valence-electron chi connectivity index (χ4n) is 3.70. The van der Waals surface area contributed by atoms with Gasteiger partial charge in [0.25, 0.3) is 5.82 Å². The zero-order chi connectivity index (χ0) is 17.3. The van der Waals surface area contributed by atoms with E-state index >= 15 is 0 Å². The van der Waals surface area contributed by atoms with Crippen molar-refractivity contribution in [3.05, 3.63) is 53.7 Å². The van der Waals surface area contributed by atoms with Gasteiger partial charge in [0.2, 0.25) is 0 Å². The maximum Gasteiger partial charge on any atom is 0.302 e. The van der Waals surface area contributed by atoms with Gasteiger partial charge in [-0.3, -0.25) is 0 Å². The van der Waals surface area contributed by atoms with Crippen molar-refractivity contribution in [1.82, 2.24) is 0 Å². The van der Waals surface area contributed by atoms with Crippen molar-refractivity contribution >= 4 is 15.8 Å². The molecule has 0 unspecified atom stereocenters. The number of aryl methyl sites for hydroxylation is 1. The molecule has 2 aromatic rings. The molecule has 0 atom stereocenters. The average Bonchev–Trinajstić information content (AvgIpc) is 3.14. The number of hydrogen-bond acceptors (Lipinski definition) is 3. The molecular formula is C19H23N2O3S+. The van der Waals surface area contributed by atoms with Gasteiger partial charge in [-0.15, -0.1) is 0 Å². The van der Waals surface area contributed by atoms with Crippen LogP contribution in [0, 0.1) is 0 Å². The Kier molecular flexibility index (Phi) is 4.37. The van der Waals surface area contributed by atoms with Crippen molar-refractivity contribution in [3.8, 4) is 5.75 Å². The Balaban J connectivity index is 1.47. The Morgan fingerprint density at radius 1 is 1.12 bits per heavy atom. The summed E-state index contributed by atoms with van der Waals surface area (Å²) in [7, 11) is -3.24. The number of anilines is 1. The lowest BCUT2D eigenvalue weighted by molar-refractivity contribution is -0.679. The maximum atomic E-state index is 11.8. The summed E-state index contributed by atoms with van der Waals surface area (Å²) in [4.78, 5) is 0. The van der Waals surface area contributed by atoms with Crippen LogP contribution >= 0.6 is 0 Å². The molecule has 0 radical (unpaired) electrons. The van der Waals surface area contributed by atoms with E-state index in [1.807, 2.05) is 35.0 Å². The average molecular weight is 359 g/mol. The van der Waals surface area contributed by atoms with Crippen LogP contribution in [0.1, 0.15) is 42.7 Å². The first-order chi connectivity index (χ1) is 12.1. The zero-order valence-corrected chi connectivity index (χ0v) is 15.0. The van der Waals surface area contributed by atoms with E-state index in [2.05, 4.69) is 16.9 Å². The molecule has 5 nitrogen and oxygen atoms in total. The minimum absolute atomic E-state index is 0.109. The number of nitrogens with zero attached hydrogens (tertiary/aromatic N) is 1. The monoisotopic (exact) mass is 359 g/mol. The normalized spacial score (nSPS) is 19.2. The second-order valence-electron chi connectivity index (χ2n) is 6.84. The highest BCUT2D eigenvalue weighted by atomic mass is 32.2. The third-order valence-electron chi connectivity index (χ3n) is 5.11. The van der Waals surface area contributed by atoms with Gasteiger partial charge < -0.3 is 4.74 Å². The van der Waals surface area contributed by atoms with Gasteiger partial charge in [0.1, 0.15) is 24.7 Å². The van der Waals surface area contributed by atoms with Gasteiger partial charge in [-0.1, -0.05) is 25.0 Å². The first-order valence-corrected chi connectivity index (χ1v) is 10.5. The van der Waals surface area contributed by atoms with Crippen LogP contribution in [0.3, 0.4) is 0 Å². The highest BCUT2D eigenvalue weighted by Crippen LogP contribution is 2.34. The molecule has 1 aliphatic heterocycles. The summed E-state index contributed by atoms with van der Waals surface area (Å²) in [5.74, 6) is 2.22. The number of fused-ring (bicyclic) bond motifs is 1. The molecule has 25 heavy (non-hydrogen) atoms. The lowest BCUT2D eigenvalue weighted by Crippen LogP contribution is -2.47. The second-order valence-corrected chi connectivity index (χ2v) is 8.68. The predicted octanol–water partition coefficient (Wildman–Crippen LogP) is 2.97. The number of pyridine rings is 1. The highest BCUT2D eigenvalue weighted by Gasteiger charge is 2.29. The molecule has 2 aliphatic rings. The van der Waals surface area contributed by atoms with Crippen molar-refractivity contribution in [2.75, 3.05) is 10.5 Å². The Bertz CT molecular complexity index is 857. The molecule has 0 spiro atoms. The number of rotatable bonds is 4. The number of hydrogen-bond donors (Lipinski definition) is 1. The molecule has 1 aromatic heterocycles. The smallest absolute Gasteiger partial charge is 0.302 e. The van der Waals surface area contributed by atoms with E-state index in [1.54, 1.807) is 0 Å². The minimum Gasteiger partial charge on any atom is -0.489 e. The minimum atomic E-state index is -3.24. The van der Waals surface area contributed by atoms with E-state index in [9.17, 15) is 8.42 Å². The van der Waals surface area contributed by atoms with Crippen molar-refractivity contribution in [2.45, 2.75) is 44.8 Å². The van der Waals surface area contributed by atoms with Crippen LogP contribution in [-0.2, 0) is 23.2 Å². The molecule has 0 amide bonds. The van der Waals surface area contributed by atoms with Crippen LogP contribution in [0.2, 0.25) is 0 Å². The number of ether oxygens (including phenoxy) is 1. The van der Waals surface area contributed by atoms with E-state index in [0.29, 0.717) is 24.9 Å². The van der Waals surface area contributed by atoms with Gasteiger partial charge in [-0.2, -0.15) is 13.1 Å². The summed E-state index contributed by atoms with van der Waals surface area (Å²) >= 11 is 0. The molecule has 4 rings (SSSR count). The van der Waals surface area contributed by atoms with E-state index < -0.39 is 10.0 Å². The first-order valence-electron chi connectivity index (χ1n) is 8.85. The SMILES string of the molecule is O=S1(=O)CC[n+]2cccc(COc3ccc(C4CCCC4)cc3)c2N1. The van der Waals surface area contributed by atoms with Crippen molar-refractivity contribution in [3.63, 3.8) is 0 Å². The van der Waals surface area contributed by atoms with E-state index in [4.69, 9.17) is 4.74 Å². The fourth-order valence-corrected chi connectivity index (χ4v) is 4.78. The number of benzene rings is 1. The van der Waals surface area contributed by atoms with Gasteiger partial charge in [0, 0.05) is 0 Å². The van der Waals surface area contributed by atoms with E-state index in [1.165, 1.54) is 31.2 Å². The van der Waals surface area contributed by atoms with Crippen LogP contribution in [0.15, 0.2) is 42.6 Å². The van der Waals surface area contributed by atoms with Gasteiger partial charge in [-0.05, 0) is 48.6 Å². The number of nitrogens with one attached hydrogen (secondary N) is 1. The van der Waals surface area contributed by atoms with Gasteiger partial charge in [0.15, 0.2) is 0 Å². The number of sulfonamides is 1. The van der Waals surface area contributed by atoms with Crippen molar-refractivity contribution in [1.29, 1.82) is 0 Å². The summed E-state index contributed by atoms with van der Waals surface area (Å²) in [6.45, 7) is 0.802. The summed E-state index contributed by atoms with van der Waals surface area (Å²) in [6.07, 6.45) is 7.11. The van der Waals surface area contributed by atoms with Crippen molar-refractivity contribution in [2.24, 2.45) is 0 Å². The molecular weight excluding hydrogens is 336 g/mol. The molecule has 0 saturated heterocycles. The number of aromatic nitrogens is 1. The quantitative estimate of drug-likeness (QED) is 0.854. The third-order valence-corrected chi connectivity index (χ3v) is 6.33. The Hall–Kier alpha value is -2.08.